The number of halogens is 1. The third-order valence-electron chi connectivity index (χ3n) is 2.79. The molecule has 0 aliphatic rings. The SMILES string of the molecule is CCNC(=NCC(=O)OC(C)(C)C)NCCn1cnnc1CC.I. The fourth-order valence-electron chi connectivity index (χ4n) is 1.89. The second-order valence-corrected chi connectivity index (χ2v) is 6.00. The summed E-state index contributed by atoms with van der Waals surface area (Å²) in [5.74, 6) is 1.19. The van der Waals surface area contributed by atoms with E-state index in [0.717, 1.165) is 18.8 Å². The summed E-state index contributed by atoms with van der Waals surface area (Å²) in [6.07, 6.45) is 2.55. The summed E-state index contributed by atoms with van der Waals surface area (Å²) in [4.78, 5) is 15.9. The Morgan fingerprint density at radius 2 is 2.04 bits per heavy atom. The largest absolute Gasteiger partial charge is 0.459 e. The maximum Gasteiger partial charge on any atom is 0.328 e. The van der Waals surface area contributed by atoms with Gasteiger partial charge < -0.3 is 19.9 Å². The Balaban J connectivity index is 0.00000529. The lowest BCUT2D eigenvalue weighted by atomic mass is 10.2. The van der Waals surface area contributed by atoms with Gasteiger partial charge in [0.25, 0.3) is 0 Å². The summed E-state index contributed by atoms with van der Waals surface area (Å²) in [6.45, 7) is 11.6. The van der Waals surface area contributed by atoms with Gasteiger partial charge in [0.05, 0.1) is 0 Å². The van der Waals surface area contributed by atoms with E-state index >= 15 is 0 Å². The molecule has 138 valence electrons. The molecule has 1 aromatic heterocycles. The Kier molecular flexibility index (Phi) is 10.6. The topological polar surface area (TPSA) is 93.4 Å². The first kappa shape index (κ1) is 22.6. The first-order chi connectivity index (χ1) is 10.9. The molecule has 0 bridgehead atoms. The van der Waals surface area contributed by atoms with Crippen molar-refractivity contribution < 1.29 is 9.53 Å². The van der Waals surface area contributed by atoms with Crippen LogP contribution in [0.3, 0.4) is 0 Å². The lowest BCUT2D eigenvalue weighted by molar-refractivity contribution is -0.152. The van der Waals surface area contributed by atoms with Gasteiger partial charge in [-0.2, -0.15) is 0 Å². The predicted octanol–water partition coefficient (Wildman–Crippen LogP) is 1.36. The van der Waals surface area contributed by atoms with Gasteiger partial charge in [-0.1, -0.05) is 6.92 Å². The van der Waals surface area contributed by atoms with Crippen molar-refractivity contribution in [3.63, 3.8) is 0 Å². The number of ether oxygens (including phenoxy) is 1. The summed E-state index contributed by atoms with van der Waals surface area (Å²) in [6, 6.07) is 0. The van der Waals surface area contributed by atoms with Gasteiger partial charge in [-0.25, -0.2) is 4.99 Å². The summed E-state index contributed by atoms with van der Waals surface area (Å²) < 4.78 is 7.23. The van der Waals surface area contributed by atoms with Crippen LogP contribution in [0.5, 0.6) is 0 Å². The first-order valence-electron chi connectivity index (χ1n) is 7.96. The second kappa shape index (κ2) is 11.2. The van der Waals surface area contributed by atoms with Crippen LogP contribution in [0.2, 0.25) is 0 Å². The van der Waals surface area contributed by atoms with Crippen LogP contribution in [0.15, 0.2) is 11.3 Å². The molecule has 8 nitrogen and oxygen atoms in total. The fraction of sp³-hybridized carbons (Fsp3) is 0.733. The Morgan fingerprint density at radius 3 is 2.62 bits per heavy atom. The minimum absolute atomic E-state index is 0. The molecule has 0 unspecified atom stereocenters. The maximum absolute atomic E-state index is 11.7. The number of nitrogens with one attached hydrogen (secondary N) is 2. The molecule has 0 saturated heterocycles. The number of hydrogen-bond donors (Lipinski definition) is 2. The molecule has 0 saturated carbocycles. The molecule has 0 atom stereocenters. The first-order valence-corrected chi connectivity index (χ1v) is 7.96. The van der Waals surface area contributed by atoms with Crippen LogP contribution in [0.1, 0.15) is 40.4 Å². The maximum atomic E-state index is 11.7. The minimum atomic E-state index is -0.497. The second-order valence-electron chi connectivity index (χ2n) is 6.00. The average Bonchev–Trinajstić information content (AvgIpc) is 2.90. The number of aryl methyl sites for hydroxylation is 1. The number of aliphatic imine (C=N–C) groups is 1. The minimum Gasteiger partial charge on any atom is -0.459 e. The zero-order valence-electron chi connectivity index (χ0n) is 15.1. The molecule has 0 fully saturated rings. The molecule has 2 N–H and O–H groups in total. The van der Waals surface area contributed by atoms with Gasteiger partial charge in [0.2, 0.25) is 0 Å². The van der Waals surface area contributed by atoms with Gasteiger partial charge in [0.1, 0.15) is 24.3 Å². The van der Waals surface area contributed by atoms with E-state index in [2.05, 4.69) is 25.8 Å². The van der Waals surface area contributed by atoms with E-state index in [1.54, 1.807) is 6.33 Å². The molecule has 0 aromatic carbocycles. The van der Waals surface area contributed by atoms with Crippen molar-refractivity contribution in [1.29, 1.82) is 0 Å². The molecule has 24 heavy (non-hydrogen) atoms. The summed E-state index contributed by atoms with van der Waals surface area (Å²) in [5.41, 5.74) is -0.497. The molecule has 1 rings (SSSR count). The molecule has 0 amide bonds. The van der Waals surface area contributed by atoms with Crippen LogP contribution in [0, 0.1) is 0 Å². The number of hydrogen-bond acceptors (Lipinski definition) is 5. The third kappa shape index (κ3) is 9.04. The molecule has 9 heteroatoms. The third-order valence-corrected chi connectivity index (χ3v) is 2.79. The number of rotatable bonds is 7. The molecule has 1 aromatic rings. The Bertz CT molecular complexity index is 524. The van der Waals surface area contributed by atoms with Crippen LogP contribution in [-0.4, -0.2) is 51.9 Å². The molecule has 1 heterocycles. The van der Waals surface area contributed by atoms with E-state index in [1.165, 1.54) is 0 Å². The Morgan fingerprint density at radius 1 is 1.33 bits per heavy atom. The van der Waals surface area contributed by atoms with Crippen molar-refractivity contribution in [3.05, 3.63) is 12.2 Å². The van der Waals surface area contributed by atoms with E-state index in [0.29, 0.717) is 19.0 Å². The van der Waals surface area contributed by atoms with Crippen LogP contribution in [-0.2, 0) is 22.5 Å². The van der Waals surface area contributed by atoms with E-state index < -0.39 is 5.60 Å². The van der Waals surface area contributed by atoms with E-state index in [1.807, 2.05) is 39.2 Å². The number of nitrogens with zero attached hydrogens (tertiary/aromatic N) is 4. The highest BCUT2D eigenvalue weighted by molar-refractivity contribution is 14.0. The summed E-state index contributed by atoms with van der Waals surface area (Å²) >= 11 is 0. The number of guanidine groups is 1. The van der Waals surface area contributed by atoms with Gasteiger partial charge in [0.15, 0.2) is 5.96 Å². The molecular formula is C15H29IN6O2. The van der Waals surface area contributed by atoms with Crippen LogP contribution in [0.4, 0.5) is 0 Å². The lowest BCUT2D eigenvalue weighted by Crippen LogP contribution is -2.39. The Hall–Kier alpha value is -1.39. The number of carbonyl (C=O) groups excluding carboxylic acids is 1. The van der Waals surface area contributed by atoms with Crippen molar-refractivity contribution in [2.75, 3.05) is 19.6 Å². The fourth-order valence-corrected chi connectivity index (χ4v) is 1.89. The molecule has 0 aliphatic heterocycles. The number of carbonyl (C=O) groups is 1. The van der Waals surface area contributed by atoms with Crippen LogP contribution < -0.4 is 10.6 Å². The molecule has 0 spiro atoms. The smallest absolute Gasteiger partial charge is 0.328 e. The van der Waals surface area contributed by atoms with Crippen LogP contribution >= 0.6 is 24.0 Å². The number of esters is 1. The van der Waals surface area contributed by atoms with Crippen molar-refractivity contribution in [2.24, 2.45) is 4.99 Å². The Labute approximate surface area is 160 Å². The van der Waals surface area contributed by atoms with Gasteiger partial charge >= 0.3 is 5.97 Å². The van der Waals surface area contributed by atoms with E-state index in [4.69, 9.17) is 4.74 Å². The number of aromatic nitrogens is 3. The van der Waals surface area contributed by atoms with Gasteiger partial charge in [-0.3, -0.25) is 4.79 Å². The summed E-state index contributed by atoms with van der Waals surface area (Å²) in [7, 11) is 0. The predicted molar refractivity (Wildman–Crippen MR) is 105 cm³/mol. The highest BCUT2D eigenvalue weighted by Crippen LogP contribution is 2.06. The zero-order chi connectivity index (χ0) is 17.3. The standard InChI is InChI=1S/C15H28N6O2.HI/c1-6-12-20-19-11-21(12)9-8-17-14(16-7-2)18-10-13(22)23-15(3,4)5;/h11H,6-10H2,1-5H3,(H2,16,17,18);1H. The molecule has 0 radical (unpaired) electrons. The lowest BCUT2D eigenvalue weighted by Gasteiger charge is -2.19. The monoisotopic (exact) mass is 452 g/mol. The highest BCUT2D eigenvalue weighted by atomic mass is 127. The van der Waals surface area contributed by atoms with Crippen molar-refractivity contribution in [3.8, 4) is 0 Å². The van der Waals surface area contributed by atoms with Crippen molar-refractivity contribution in [1.82, 2.24) is 25.4 Å². The normalized spacial score (nSPS) is 11.6. The zero-order valence-corrected chi connectivity index (χ0v) is 17.5. The van der Waals surface area contributed by atoms with Gasteiger partial charge in [-0.05, 0) is 27.7 Å². The van der Waals surface area contributed by atoms with Crippen molar-refractivity contribution >= 4 is 35.9 Å². The molecular weight excluding hydrogens is 423 g/mol. The quantitative estimate of drug-likeness (QED) is 0.281. The van der Waals surface area contributed by atoms with E-state index in [9.17, 15) is 4.79 Å². The summed E-state index contributed by atoms with van der Waals surface area (Å²) in [5, 5.41) is 14.2. The average molecular weight is 452 g/mol. The van der Waals surface area contributed by atoms with E-state index in [-0.39, 0.29) is 36.5 Å². The van der Waals surface area contributed by atoms with Crippen LogP contribution in [0.25, 0.3) is 0 Å². The van der Waals surface area contributed by atoms with Crippen molar-refractivity contribution in [2.45, 2.75) is 53.2 Å². The highest BCUT2D eigenvalue weighted by Gasteiger charge is 2.15. The molecule has 0 aliphatic carbocycles. The van der Waals surface area contributed by atoms with Gasteiger partial charge in [-0.15, -0.1) is 34.2 Å². The van der Waals surface area contributed by atoms with Gasteiger partial charge in [0, 0.05) is 26.1 Å².